The number of hydrogen-bond donors (Lipinski definition) is 0. The molecule has 0 saturated carbocycles. The van der Waals surface area contributed by atoms with Crippen LogP contribution in [0.5, 0.6) is 11.5 Å². The van der Waals surface area contributed by atoms with Gasteiger partial charge in [-0.25, -0.2) is 4.68 Å². The van der Waals surface area contributed by atoms with Crippen molar-refractivity contribution in [3.8, 4) is 28.4 Å². The maximum absolute atomic E-state index is 13.4. The Balaban J connectivity index is 1.47. The lowest BCUT2D eigenvalue weighted by atomic mass is 10.1. The van der Waals surface area contributed by atoms with Crippen molar-refractivity contribution in [1.82, 2.24) is 14.7 Å². The predicted molar refractivity (Wildman–Crippen MR) is 156 cm³/mol. The first-order valence-corrected chi connectivity index (χ1v) is 13.4. The number of carbonyl (C=O) groups excluding carboxylic acids is 1. The van der Waals surface area contributed by atoms with Gasteiger partial charge in [-0.2, -0.15) is 5.10 Å². The largest absolute Gasteiger partial charge is 0.497 e. The van der Waals surface area contributed by atoms with Crippen LogP contribution in [0.25, 0.3) is 23.0 Å². The predicted octanol–water partition coefficient (Wildman–Crippen LogP) is 6.74. The fourth-order valence-electron chi connectivity index (χ4n) is 4.08. The number of hydrogen-bond acceptors (Lipinski definition) is 6. The average Bonchev–Trinajstić information content (AvgIpc) is 3.46. The van der Waals surface area contributed by atoms with Crippen LogP contribution in [0.15, 0.2) is 90.0 Å². The quantitative estimate of drug-likeness (QED) is 0.182. The third-order valence-corrected chi connectivity index (χ3v) is 7.30. The number of rotatable bonds is 8. The van der Waals surface area contributed by atoms with Crippen molar-refractivity contribution in [1.29, 1.82) is 0 Å². The zero-order chi connectivity index (χ0) is 26.6. The average molecular weight is 542 g/mol. The number of amides is 1. The molecule has 0 bridgehead atoms. The number of ether oxygens (including phenoxy) is 2. The smallest absolute Gasteiger partial charge is 0.266 e. The van der Waals surface area contributed by atoms with E-state index in [9.17, 15) is 4.79 Å². The molecule has 2 heterocycles. The van der Waals surface area contributed by atoms with Gasteiger partial charge in [-0.05, 0) is 74.0 Å². The minimum atomic E-state index is -0.116. The molecule has 0 N–H and O–H groups in total. The molecule has 192 valence electrons. The molecule has 0 atom stereocenters. The van der Waals surface area contributed by atoms with Gasteiger partial charge in [0.2, 0.25) is 0 Å². The Morgan fingerprint density at radius 2 is 1.66 bits per heavy atom. The normalized spacial score (nSPS) is 14.5. The summed E-state index contributed by atoms with van der Waals surface area (Å²) in [4.78, 5) is 15.6. The van der Waals surface area contributed by atoms with Gasteiger partial charge >= 0.3 is 0 Å². The molecule has 1 fully saturated rings. The molecule has 0 spiro atoms. The van der Waals surface area contributed by atoms with E-state index in [2.05, 4.69) is 0 Å². The van der Waals surface area contributed by atoms with Crippen molar-refractivity contribution in [2.45, 2.75) is 26.5 Å². The standard InChI is InChI=1S/C30H27N3O3S2/c1-20(2)36-26-15-11-22(12-16-26)28-23(19-33(31-28)24-7-5-4-6-8-24)17-27-29(34)32(30(37)38-27)18-21-9-13-25(35-3)14-10-21/h4-17,19-20H,18H2,1-3H3/b27-17+. The van der Waals surface area contributed by atoms with Crippen LogP contribution < -0.4 is 9.47 Å². The Bertz CT molecular complexity index is 1480. The van der Waals surface area contributed by atoms with Gasteiger partial charge < -0.3 is 9.47 Å². The van der Waals surface area contributed by atoms with E-state index in [0.29, 0.717) is 15.8 Å². The van der Waals surface area contributed by atoms with Gasteiger partial charge in [0, 0.05) is 17.3 Å². The molecule has 1 aliphatic rings. The molecule has 0 radical (unpaired) electrons. The van der Waals surface area contributed by atoms with Crippen LogP contribution in [-0.2, 0) is 11.3 Å². The molecule has 1 amide bonds. The van der Waals surface area contributed by atoms with Crippen LogP contribution >= 0.6 is 24.0 Å². The van der Waals surface area contributed by atoms with E-state index in [1.54, 1.807) is 12.0 Å². The van der Waals surface area contributed by atoms with Crippen LogP contribution in [0.2, 0.25) is 0 Å². The van der Waals surface area contributed by atoms with Crippen LogP contribution in [0, 0.1) is 0 Å². The van der Waals surface area contributed by atoms with E-state index in [4.69, 9.17) is 26.8 Å². The third-order valence-electron chi connectivity index (χ3n) is 5.92. The number of aromatic nitrogens is 2. The summed E-state index contributed by atoms with van der Waals surface area (Å²) >= 11 is 6.89. The van der Waals surface area contributed by atoms with Crippen molar-refractivity contribution in [2.75, 3.05) is 7.11 Å². The Kier molecular flexibility index (Phi) is 7.62. The number of methoxy groups -OCH3 is 1. The van der Waals surface area contributed by atoms with Gasteiger partial charge in [0.1, 0.15) is 15.8 Å². The van der Waals surface area contributed by atoms with E-state index in [-0.39, 0.29) is 12.0 Å². The van der Waals surface area contributed by atoms with Crippen LogP contribution in [0.1, 0.15) is 25.0 Å². The lowest BCUT2D eigenvalue weighted by Crippen LogP contribution is -2.27. The second-order valence-corrected chi connectivity index (χ2v) is 10.7. The number of benzene rings is 3. The molecule has 8 heteroatoms. The lowest BCUT2D eigenvalue weighted by Gasteiger charge is -2.14. The van der Waals surface area contributed by atoms with E-state index in [1.807, 2.05) is 110 Å². The molecule has 1 aromatic heterocycles. The summed E-state index contributed by atoms with van der Waals surface area (Å²) in [6.07, 6.45) is 3.92. The highest BCUT2D eigenvalue weighted by Crippen LogP contribution is 2.36. The summed E-state index contributed by atoms with van der Waals surface area (Å²) in [5.41, 5.74) is 4.43. The lowest BCUT2D eigenvalue weighted by molar-refractivity contribution is -0.122. The maximum Gasteiger partial charge on any atom is 0.266 e. The van der Waals surface area contributed by atoms with Crippen molar-refractivity contribution < 1.29 is 14.3 Å². The molecule has 3 aromatic carbocycles. The Labute approximate surface area is 231 Å². The van der Waals surface area contributed by atoms with Crippen molar-refractivity contribution >= 4 is 40.3 Å². The SMILES string of the molecule is COc1ccc(CN2C(=O)/C(=C\c3cn(-c4ccccc4)nc3-c3ccc(OC(C)C)cc3)SC2=S)cc1. The molecule has 6 nitrogen and oxygen atoms in total. The molecule has 38 heavy (non-hydrogen) atoms. The van der Waals surface area contributed by atoms with Gasteiger partial charge in [0.05, 0.1) is 36.0 Å². The Hall–Kier alpha value is -3.88. The molecular weight excluding hydrogens is 514 g/mol. The topological polar surface area (TPSA) is 56.6 Å². The summed E-state index contributed by atoms with van der Waals surface area (Å²) in [7, 11) is 1.63. The van der Waals surface area contributed by atoms with Gasteiger partial charge in [-0.3, -0.25) is 9.69 Å². The minimum absolute atomic E-state index is 0.0912. The third kappa shape index (κ3) is 5.66. The van der Waals surface area contributed by atoms with E-state index in [0.717, 1.165) is 39.6 Å². The Morgan fingerprint density at radius 1 is 0.974 bits per heavy atom. The molecule has 4 aromatic rings. The van der Waals surface area contributed by atoms with Crippen LogP contribution in [0.3, 0.4) is 0 Å². The van der Waals surface area contributed by atoms with Gasteiger partial charge in [0.15, 0.2) is 0 Å². The highest BCUT2D eigenvalue weighted by molar-refractivity contribution is 8.26. The first-order chi connectivity index (χ1) is 18.4. The highest BCUT2D eigenvalue weighted by Gasteiger charge is 2.32. The van der Waals surface area contributed by atoms with Crippen molar-refractivity contribution in [3.63, 3.8) is 0 Å². The minimum Gasteiger partial charge on any atom is -0.497 e. The molecule has 5 rings (SSSR count). The number of para-hydroxylation sites is 1. The Morgan fingerprint density at radius 3 is 2.32 bits per heavy atom. The zero-order valence-corrected chi connectivity index (χ0v) is 23.0. The molecule has 1 aliphatic heterocycles. The first-order valence-electron chi connectivity index (χ1n) is 12.2. The molecular formula is C30H27N3O3S2. The van der Waals surface area contributed by atoms with E-state index in [1.165, 1.54) is 11.8 Å². The second-order valence-electron chi connectivity index (χ2n) is 9.02. The maximum atomic E-state index is 13.4. The second kappa shape index (κ2) is 11.2. The van der Waals surface area contributed by atoms with E-state index < -0.39 is 0 Å². The molecule has 1 saturated heterocycles. The zero-order valence-electron chi connectivity index (χ0n) is 21.3. The number of thioether (sulfide) groups is 1. The number of carbonyl (C=O) groups is 1. The highest BCUT2D eigenvalue weighted by atomic mass is 32.2. The summed E-state index contributed by atoms with van der Waals surface area (Å²) in [6.45, 7) is 4.40. The monoisotopic (exact) mass is 541 g/mol. The summed E-state index contributed by atoms with van der Waals surface area (Å²) < 4.78 is 13.4. The first kappa shape index (κ1) is 25.8. The van der Waals surface area contributed by atoms with Crippen molar-refractivity contribution in [3.05, 3.63) is 101 Å². The fourth-order valence-corrected chi connectivity index (χ4v) is 5.33. The van der Waals surface area contributed by atoms with Gasteiger partial charge in [-0.15, -0.1) is 0 Å². The molecule has 0 unspecified atom stereocenters. The van der Waals surface area contributed by atoms with Crippen LogP contribution in [-0.4, -0.2) is 38.1 Å². The number of thiocarbonyl (C=S) groups is 1. The van der Waals surface area contributed by atoms with E-state index >= 15 is 0 Å². The number of nitrogens with zero attached hydrogens (tertiary/aromatic N) is 3. The summed E-state index contributed by atoms with van der Waals surface area (Å²) in [6, 6.07) is 25.4. The fraction of sp³-hybridized carbons (Fsp3) is 0.167. The van der Waals surface area contributed by atoms with Gasteiger partial charge in [-0.1, -0.05) is 54.3 Å². The van der Waals surface area contributed by atoms with Crippen LogP contribution in [0.4, 0.5) is 0 Å². The molecule has 0 aliphatic carbocycles. The summed E-state index contributed by atoms with van der Waals surface area (Å²) in [5, 5.41) is 4.88. The van der Waals surface area contributed by atoms with Gasteiger partial charge in [0.25, 0.3) is 5.91 Å². The summed E-state index contributed by atoms with van der Waals surface area (Å²) in [5.74, 6) is 1.45. The van der Waals surface area contributed by atoms with Crippen molar-refractivity contribution in [2.24, 2.45) is 0 Å².